The standard InChI is InChI=1S/C13H14FN3OS/c1-7(2)11-6-19-13(16-11)17-12(18)8-3-4-10(15)9(14)5-8/h3-7H,15H2,1-2H3,(H,16,17,18). The molecule has 0 spiro atoms. The van der Waals surface area contributed by atoms with Gasteiger partial charge in [0.1, 0.15) is 5.82 Å². The number of hydrogen-bond acceptors (Lipinski definition) is 4. The summed E-state index contributed by atoms with van der Waals surface area (Å²) >= 11 is 1.35. The summed E-state index contributed by atoms with van der Waals surface area (Å²) in [4.78, 5) is 16.2. The van der Waals surface area contributed by atoms with Crippen LogP contribution in [0.3, 0.4) is 0 Å². The number of nitrogens with two attached hydrogens (primary N) is 1. The lowest BCUT2D eigenvalue weighted by atomic mass is 10.2. The number of amides is 1. The highest BCUT2D eigenvalue weighted by molar-refractivity contribution is 7.14. The largest absolute Gasteiger partial charge is 0.396 e. The van der Waals surface area contributed by atoms with E-state index in [0.29, 0.717) is 11.0 Å². The molecule has 2 aromatic rings. The average Bonchev–Trinajstić information content (AvgIpc) is 2.81. The lowest BCUT2D eigenvalue weighted by Crippen LogP contribution is -2.12. The highest BCUT2D eigenvalue weighted by Crippen LogP contribution is 2.22. The molecule has 0 saturated carbocycles. The second kappa shape index (κ2) is 5.36. The summed E-state index contributed by atoms with van der Waals surface area (Å²) in [5, 5.41) is 5.04. The van der Waals surface area contributed by atoms with Crippen molar-refractivity contribution in [3.05, 3.63) is 40.7 Å². The fourth-order valence-corrected chi connectivity index (χ4v) is 2.31. The van der Waals surface area contributed by atoms with Crippen molar-refractivity contribution in [2.45, 2.75) is 19.8 Å². The third-order valence-electron chi connectivity index (χ3n) is 2.60. The van der Waals surface area contributed by atoms with E-state index in [0.717, 1.165) is 11.8 Å². The first-order chi connectivity index (χ1) is 8.97. The van der Waals surface area contributed by atoms with Crippen LogP contribution in [0.15, 0.2) is 23.6 Å². The maximum atomic E-state index is 13.3. The van der Waals surface area contributed by atoms with Crippen LogP contribution in [-0.2, 0) is 0 Å². The van der Waals surface area contributed by atoms with Crippen molar-refractivity contribution < 1.29 is 9.18 Å². The smallest absolute Gasteiger partial charge is 0.257 e. The van der Waals surface area contributed by atoms with E-state index in [2.05, 4.69) is 10.3 Å². The lowest BCUT2D eigenvalue weighted by Gasteiger charge is -2.03. The fourth-order valence-electron chi connectivity index (χ4n) is 1.45. The first-order valence-electron chi connectivity index (χ1n) is 5.79. The van der Waals surface area contributed by atoms with Gasteiger partial charge in [0.2, 0.25) is 0 Å². The van der Waals surface area contributed by atoms with E-state index >= 15 is 0 Å². The minimum Gasteiger partial charge on any atom is -0.396 e. The van der Waals surface area contributed by atoms with Gasteiger partial charge in [0, 0.05) is 10.9 Å². The van der Waals surface area contributed by atoms with Crippen molar-refractivity contribution in [2.75, 3.05) is 11.1 Å². The molecule has 0 radical (unpaired) electrons. The summed E-state index contributed by atoms with van der Waals surface area (Å²) < 4.78 is 13.3. The second-order valence-electron chi connectivity index (χ2n) is 4.42. The molecule has 1 aromatic carbocycles. The molecule has 0 aliphatic carbocycles. The van der Waals surface area contributed by atoms with Gasteiger partial charge in [-0.25, -0.2) is 9.37 Å². The summed E-state index contributed by atoms with van der Waals surface area (Å²) in [6, 6.07) is 3.96. The van der Waals surface area contributed by atoms with Gasteiger partial charge in [-0.2, -0.15) is 0 Å². The molecule has 0 unspecified atom stereocenters. The van der Waals surface area contributed by atoms with Crippen LogP contribution in [0, 0.1) is 5.82 Å². The number of nitrogens with zero attached hydrogens (tertiary/aromatic N) is 1. The zero-order valence-electron chi connectivity index (χ0n) is 10.6. The van der Waals surface area contributed by atoms with Gasteiger partial charge in [0.05, 0.1) is 11.4 Å². The Labute approximate surface area is 114 Å². The highest BCUT2D eigenvalue weighted by Gasteiger charge is 2.12. The number of hydrogen-bond donors (Lipinski definition) is 2. The second-order valence-corrected chi connectivity index (χ2v) is 5.28. The molecule has 0 aliphatic rings. The van der Waals surface area contributed by atoms with E-state index in [4.69, 9.17) is 5.73 Å². The number of thiazole rings is 1. The maximum Gasteiger partial charge on any atom is 0.257 e. The van der Waals surface area contributed by atoms with Crippen molar-refractivity contribution in [2.24, 2.45) is 0 Å². The number of halogens is 1. The predicted molar refractivity (Wildman–Crippen MR) is 75.0 cm³/mol. The van der Waals surface area contributed by atoms with Gasteiger partial charge in [-0.05, 0) is 24.1 Å². The Morgan fingerprint density at radius 2 is 2.21 bits per heavy atom. The van der Waals surface area contributed by atoms with Crippen molar-refractivity contribution in [1.82, 2.24) is 4.98 Å². The molecular weight excluding hydrogens is 265 g/mol. The van der Waals surface area contributed by atoms with E-state index in [-0.39, 0.29) is 11.3 Å². The topological polar surface area (TPSA) is 68.0 Å². The van der Waals surface area contributed by atoms with Gasteiger partial charge >= 0.3 is 0 Å². The molecule has 1 amide bonds. The third kappa shape index (κ3) is 3.08. The molecule has 0 atom stereocenters. The van der Waals surface area contributed by atoms with Crippen molar-refractivity contribution in [3.63, 3.8) is 0 Å². The zero-order chi connectivity index (χ0) is 14.0. The molecule has 19 heavy (non-hydrogen) atoms. The summed E-state index contributed by atoms with van der Waals surface area (Å²) in [7, 11) is 0. The highest BCUT2D eigenvalue weighted by atomic mass is 32.1. The summed E-state index contributed by atoms with van der Waals surface area (Å²) in [5.41, 5.74) is 6.52. The van der Waals surface area contributed by atoms with E-state index in [9.17, 15) is 9.18 Å². The Bertz CT molecular complexity index is 610. The molecule has 0 saturated heterocycles. The van der Waals surface area contributed by atoms with Gasteiger partial charge in [0.25, 0.3) is 5.91 Å². The Kier molecular flexibility index (Phi) is 3.80. The molecule has 4 nitrogen and oxygen atoms in total. The minimum atomic E-state index is -0.602. The zero-order valence-corrected chi connectivity index (χ0v) is 11.4. The molecule has 3 N–H and O–H groups in total. The maximum absolute atomic E-state index is 13.3. The average molecular weight is 279 g/mol. The first-order valence-corrected chi connectivity index (χ1v) is 6.67. The quantitative estimate of drug-likeness (QED) is 0.847. The Morgan fingerprint density at radius 3 is 2.79 bits per heavy atom. The lowest BCUT2D eigenvalue weighted by molar-refractivity contribution is 0.102. The van der Waals surface area contributed by atoms with Gasteiger partial charge < -0.3 is 5.73 Å². The first kappa shape index (κ1) is 13.5. The van der Waals surface area contributed by atoms with E-state index in [1.807, 2.05) is 19.2 Å². The van der Waals surface area contributed by atoms with Crippen LogP contribution in [0.1, 0.15) is 35.8 Å². The number of anilines is 2. The predicted octanol–water partition coefficient (Wildman–Crippen LogP) is 3.24. The van der Waals surface area contributed by atoms with Crippen LogP contribution in [0.2, 0.25) is 0 Å². The fraction of sp³-hybridized carbons (Fsp3) is 0.231. The van der Waals surface area contributed by atoms with Crippen LogP contribution in [0.5, 0.6) is 0 Å². The molecule has 1 aromatic heterocycles. The van der Waals surface area contributed by atoms with Gasteiger partial charge in [0.15, 0.2) is 5.13 Å². The number of benzene rings is 1. The summed E-state index contributed by atoms with van der Waals surface area (Å²) in [6.45, 7) is 4.05. The number of carbonyl (C=O) groups is 1. The molecule has 0 fully saturated rings. The Balaban J connectivity index is 2.13. The summed E-state index contributed by atoms with van der Waals surface area (Å²) in [5.74, 6) is -0.700. The molecule has 6 heteroatoms. The number of aromatic nitrogens is 1. The van der Waals surface area contributed by atoms with Crippen LogP contribution >= 0.6 is 11.3 Å². The Morgan fingerprint density at radius 1 is 1.47 bits per heavy atom. The van der Waals surface area contributed by atoms with E-state index in [1.54, 1.807) is 0 Å². The van der Waals surface area contributed by atoms with Crippen LogP contribution in [0.25, 0.3) is 0 Å². The van der Waals surface area contributed by atoms with E-state index in [1.165, 1.54) is 23.5 Å². The number of carbonyl (C=O) groups excluding carboxylic acids is 1. The molecule has 0 bridgehead atoms. The molecule has 2 rings (SSSR count). The van der Waals surface area contributed by atoms with Crippen molar-refractivity contribution in [1.29, 1.82) is 0 Å². The molecular formula is C13H14FN3OS. The monoisotopic (exact) mass is 279 g/mol. The van der Waals surface area contributed by atoms with Crippen molar-refractivity contribution in [3.8, 4) is 0 Å². The van der Waals surface area contributed by atoms with Crippen molar-refractivity contribution >= 4 is 28.1 Å². The molecule has 100 valence electrons. The number of nitrogens with one attached hydrogen (secondary N) is 1. The summed E-state index contributed by atoms with van der Waals surface area (Å²) in [6.07, 6.45) is 0. The van der Waals surface area contributed by atoms with Gasteiger partial charge in [-0.1, -0.05) is 13.8 Å². The normalized spacial score (nSPS) is 10.7. The van der Waals surface area contributed by atoms with E-state index < -0.39 is 11.7 Å². The SMILES string of the molecule is CC(C)c1csc(NC(=O)c2ccc(N)c(F)c2)n1. The molecule has 1 heterocycles. The minimum absolute atomic E-state index is 0.0212. The van der Waals surface area contributed by atoms with Gasteiger partial charge in [-0.15, -0.1) is 11.3 Å². The number of nitrogen functional groups attached to an aromatic ring is 1. The molecule has 0 aliphatic heterocycles. The number of rotatable bonds is 3. The third-order valence-corrected chi connectivity index (χ3v) is 3.37. The van der Waals surface area contributed by atoms with Gasteiger partial charge in [-0.3, -0.25) is 10.1 Å². The van der Waals surface area contributed by atoms with Crippen LogP contribution in [-0.4, -0.2) is 10.9 Å². The van der Waals surface area contributed by atoms with Crippen LogP contribution in [0.4, 0.5) is 15.2 Å². The van der Waals surface area contributed by atoms with Crippen LogP contribution < -0.4 is 11.1 Å². The Hall–Kier alpha value is -1.95.